The van der Waals surface area contributed by atoms with Gasteiger partial charge in [-0.05, 0) is 44.2 Å². The largest absolute Gasteiger partial charge is 0.243 e. The predicted octanol–water partition coefficient (Wildman–Crippen LogP) is 4.04. The molecule has 0 bridgehead atoms. The first-order valence-electron chi connectivity index (χ1n) is 8.06. The molecule has 1 atom stereocenters. The molecule has 118 valence electrons. The Hall–Kier alpha value is -0.870. The van der Waals surface area contributed by atoms with Crippen LogP contribution in [-0.2, 0) is 10.0 Å². The molecule has 3 nitrogen and oxygen atoms in total. The van der Waals surface area contributed by atoms with Gasteiger partial charge >= 0.3 is 0 Å². The van der Waals surface area contributed by atoms with E-state index in [1.54, 1.807) is 4.31 Å². The summed E-state index contributed by atoms with van der Waals surface area (Å²) in [5.41, 5.74) is 1.71. The molecule has 1 unspecified atom stereocenters. The molecule has 1 aromatic carbocycles. The van der Waals surface area contributed by atoms with Crippen molar-refractivity contribution in [1.82, 2.24) is 4.31 Å². The molecule has 1 aliphatic heterocycles. The molecular weight excluding hydrogens is 282 g/mol. The van der Waals surface area contributed by atoms with Crippen molar-refractivity contribution >= 4 is 10.0 Å². The molecule has 0 spiro atoms. The van der Waals surface area contributed by atoms with E-state index in [0.717, 1.165) is 49.7 Å². The third-order valence-corrected chi connectivity index (χ3v) is 6.70. The van der Waals surface area contributed by atoms with Gasteiger partial charge in [-0.1, -0.05) is 44.4 Å². The third-order valence-electron chi connectivity index (χ3n) is 4.44. The summed E-state index contributed by atoms with van der Waals surface area (Å²) < 4.78 is 28.0. The highest BCUT2D eigenvalue weighted by Gasteiger charge is 2.34. The quantitative estimate of drug-likeness (QED) is 0.823. The SMILES string of the molecule is CCCCC1CCCCN1S(=O)(=O)c1c(C)cccc1C. The predicted molar refractivity (Wildman–Crippen MR) is 87.0 cm³/mol. The second-order valence-corrected chi connectivity index (χ2v) is 7.96. The van der Waals surface area contributed by atoms with Crippen LogP contribution in [0, 0.1) is 13.8 Å². The van der Waals surface area contributed by atoms with Gasteiger partial charge in [0, 0.05) is 12.6 Å². The lowest BCUT2D eigenvalue weighted by molar-refractivity contribution is 0.237. The van der Waals surface area contributed by atoms with Crippen LogP contribution < -0.4 is 0 Å². The topological polar surface area (TPSA) is 37.4 Å². The van der Waals surface area contributed by atoms with Crippen molar-refractivity contribution in [3.63, 3.8) is 0 Å². The molecule has 1 saturated heterocycles. The van der Waals surface area contributed by atoms with Crippen molar-refractivity contribution in [1.29, 1.82) is 0 Å². The maximum absolute atomic E-state index is 13.1. The minimum absolute atomic E-state index is 0.183. The van der Waals surface area contributed by atoms with Crippen molar-refractivity contribution in [2.45, 2.75) is 70.2 Å². The van der Waals surface area contributed by atoms with Gasteiger partial charge in [0.1, 0.15) is 0 Å². The molecule has 0 radical (unpaired) electrons. The van der Waals surface area contributed by atoms with Gasteiger partial charge in [-0.15, -0.1) is 0 Å². The molecule has 1 fully saturated rings. The number of piperidine rings is 1. The summed E-state index contributed by atoms with van der Waals surface area (Å²) >= 11 is 0. The van der Waals surface area contributed by atoms with Gasteiger partial charge in [0.2, 0.25) is 10.0 Å². The second kappa shape index (κ2) is 6.93. The Morgan fingerprint density at radius 1 is 1.19 bits per heavy atom. The molecule has 0 amide bonds. The zero-order chi connectivity index (χ0) is 15.5. The van der Waals surface area contributed by atoms with E-state index in [0.29, 0.717) is 11.4 Å². The number of benzene rings is 1. The Morgan fingerprint density at radius 2 is 1.86 bits per heavy atom. The highest BCUT2D eigenvalue weighted by Crippen LogP contribution is 2.31. The van der Waals surface area contributed by atoms with Crippen LogP contribution in [0.4, 0.5) is 0 Å². The second-order valence-electron chi connectivity index (χ2n) is 6.13. The summed E-state index contributed by atoms with van der Waals surface area (Å²) in [6.07, 6.45) is 6.34. The van der Waals surface area contributed by atoms with Crippen LogP contribution in [0.2, 0.25) is 0 Å². The number of unbranched alkanes of at least 4 members (excludes halogenated alkanes) is 1. The van der Waals surface area contributed by atoms with Crippen LogP contribution >= 0.6 is 0 Å². The first-order chi connectivity index (χ1) is 9.98. The number of nitrogens with zero attached hydrogens (tertiary/aromatic N) is 1. The monoisotopic (exact) mass is 309 g/mol. The summed E-state index contributed by atoms with van der Waals surface area (Å²) in [7, 11) is -3.37. The van der Waals surface area contributed by atoms with Crippen LogP contribution in [0.1, 0.15) is 56.6 Å². The summed E-state index contributed by atoms with van der Waals surface area (Å²) in [6, 6.07) is 5.90. The van der Waals surface area contributed by atoms with Crippen molar-refractivity contribution in [2.75, 3.05) is 6.54 Å². The molecule has 1 aliphatic rings. The number of sulfonamides is 1. The maximum Gasteiger partial charge on any atom is 0.243 e. The van der Waals surface area contributed by atoms with Gasteiger partial charge in [-0.2, -0.15) is 4.31 Å². The number of aryl methyl sites for hydroxylation is 2. The number of hydrogen-bond donors (Lipinski definition) is 0. The Bertz CT molecular complexity index is 560. The van der Waals surface area contributed by atoms with Gasteiger partial charge in [0.25, 0.3) is 0 Å². The standard InChI is InChI=1S/C17H27NO2S/c1-4-5-11-16-12-6-7-13-18(16)21(19,20)17-14(2)9-8-10-15(17)3/h8-10,16H,4-7,11-13H2,1-3H3. The average Bonchev–Trinajstić information content (AvgIpc) is 2.45. The fourth-order valence-corrected chi connectivity index (χ4v) is 5.50. The van der Waals surface area contributed by atoms with Crippen molar-refractivity contribution in [2.24, 2.45) is 0 Å². The zero-order valence-corrected chi connectivity index (χ0v) is 14.2. The van der Waals surface area contributed by atoms with E-state index in [1.807, 2.05) is 32.0 Å². The molecule has 4 heteroatoms. The van der Waals surface area contributed by atoms with Gasteiger partial charge in [0.05, 0.1) is 4.90 Å². The van der Waals surface area contributed by atoms with E-state index >= 15 is 0 Å². The zero-order valence-electron chi connectivity index (χ0n) is 13.4. The smallest absolute Gasteiger partial charge is 0.207 e. The molecule has 2 rings (SSSR count). The summed E-state index contributed by atoms with van der Waals surface area (Å²) in [4.78, 5) is 0.522. The number of hydrogen-bond acceptors (Lipinski definition) is 2. The van der Waals surface area contributed by atoms with Gasteiger partial charge in [-0.3, -0.25) is 0 Å². The Kier molecular flexibility index (Phi) is 5.44. The Morgan fingerprint density at radius 3 is 2.48 bits per heavy atom. The lowest BCUT2D eigenvalue weighted by Crippen LogP contribution is -2.44. The van der Waals surface area contributed by atoms with Crippen LogP contribution in [-0.4, -0.2) is 25.3 Å². The van der Waals surface area contributed by atoms with Crippen molar-refractivity contribution in [3.8, 4) is 0 Å². The van der Waals surface area contributed by atoms with E-state index in [4.69, 9.17) is 0 Å². The summed E-state index contributed by atoms with van der Waals surface area (Å²) in [5.74, 6) is 0. The summed E-state index contributed by atoms with van der Waals surface area (Å²) in [5, 5.41) is 0. The lowest BCUT2D eigenvalue weighted by Gasteiger charge is -2.35. The molecule has 0 saturated carbocycles. The first kappa shape index (κ1) is 16.5. The van der Waals surface area contributed by atoms with E-state index < -0.39 is 10.0 Å². The minimum Gasteiger partial charge on any atom is -0.207 e. The lowest BCUT2D eigenvalue weighted by atomic mass is 10.00. The van der Waals surface area contributed by atoms with Gasteiger partial charge in [-0.25, -0.2) is 8.42 Å². The van der Waals surface area contributed by atoms with Crippen LogP contribution in [0.3, 0.4) is 0 Å². The Labute approximate surface area is 129 Å². The molecule has 0 aliphatic carbocycles. The van der Waals surface area contributed by atoms with Gasteiger partial charge < -0.3 is 0 Å². The average molecular weight is 309 g/mol. The molecule has 1 heterocycles. The maximum atomic E-state index is 13.1. The van der Waals surface area contributed by atoms with Crippen LogP contribution in [0.25, 0.3) is 0 Å². The fraction of sp³-hybridized carbons (Fsp3) is 0.647. The minimum atomic E-state index is -3.37. The van der Waals surface area contributed by atoms with E-state index in [1.165, 1.54) is 0 Å². The third kappa shape index (κ3) is 3.49. The molecule has 21 heavy (non-hydrogen) atoms. The fourth-order valence-electron chi connectivity index (χ4n) is 3.34. The van der Waals surface area contributed by atoms with E-state index in [2.05, 4.69) is 6.92 Å². The van der Waals surface area contributed by atoms with Crippen molar-refractivity contribution < 1.29 is 8.42 Å². The van der Waals surface area contributed by atoms with Crippen LogP contribution in [0.5, 0.6) is 0 Å². The van der Waals surface area contributed by atoms with E-state index in [-0.39, 0.29) is 6.04 Å². The Balaban J connectivity index is 2.36. The highest BCUT2D eigenvalue weighted by atomic mass is 32.2. The molecular formula is C17H27NO2S. The first-order valence-corrected chi connectivity index (χ1v) is 9.50. The molecule has 0 N–H and O–H groups in total. The van der Waals surface area contributed by atoms with E-state index in [9.17, 15) is 8.42 Å². The van der Waals surface area contributed by atoms with Crippen molar-refractivity contribution in [3.05, 3.63) is 29.3 Å². The molecule has 1 aromatic rings. The summed E-state index contributed by atoms with van der Waals surface area (Å²) in [6.45, 7) is 6.62. The van der Waals surface area contributed by atoms with Crippen LogP contribution in [0.15, 0.2) is 23.1 Å². The highest BCUT2D eigenvalue weighted by molar-refractivity contribution is 7.89. The molecule has 0 aromatic heterocycles. The van der Waals surface area contributed by atoms with Gasteiger partial charge in [0.15, 0.2) is 0 Å². The normalized spacial score (nSPS) is 20.6. The number of rotatable bonds is 5.